The lowest BCUT2D eigenvalue weighted by Crippen LogP contribution is -2.02. The van der Waals surface area contributed by atoms with Gasteiger partial charge in [-0.1, -0.05) is 25.1 Å². The first-order chi connectivity index (χ1) is 9.70. The molecule has 1 aromatic carbocycles. The molecule has 104 valence electrons. The van der Waals surface area contributed by atoms with Gasteiger partial charge in [0, 0.05) is 23.9 Å². The molecule has 0 atom stereocenters. The number of fused-ring (bicyclic) bond motifs is 1. The van der Waals surface area contributed by atoms with Gasteiger partial charge in [-0.2, -0.15) is 5.10 Å². The maximum Gasteiger partial charge on any atom is 0.134 e. The standard InChI is InChI=1S/C16H19N3O/c1-4-14-13(12-7-5-6-8-15(12)20-14)9-17-16-10(2)18-19-11(16)3/h5-8,17H,4,9H2,1-3H3,(H,18,19). The Morgan fingerprint density at radius 2 is 2.05 bits per heavy atom. The van der Waals surface area contributed by atoms with Gasteiger partial charge in [-0.15, -0.1) is 0 Å². The molecule has 0 saturated heterocycles. The Labute approximate surface area is 118 Å². The van der Waals surface area contributed by atoms with E-state index >= 15 is 0 Å². The van der Waals surface area contributed by atoms with Gasteiger partial charge in [-0.05, 0) is 19.9 Å². The molecule has 0 aliphatic carbocycles. The van der Waals surface area contributed by atoms with E-state index in [0.29, 0.717) is 0 Å². The van der Waals surface area contributed by atoms with Crippen molar-refractivity contribution in [3.63, 3.8) is 0 Å². The fraction of sp³-hybridized carbons (Fsp3) is 0.312. The van der Waals surface area contributed by atoms with Crippen LogP contribution in [0.25, 0.3) is 11.0 Å². The second-order valence-corrected chi connectivity index (χ2v) is 5.02. The smallest absolute Gasteiger partial charge is 0.134 e. The Kier molecular flexibility index (Phi) is 3.22. The van der Waals surface area contributed by atoms with Crippen molar-refractivity contribution in [2.24, 2.45) is 0 Å². The maximum atomic E-state index is 5.92. The number of aromatic nitrogens is 2. The molecule has 0 amide bonds. The van der Waals surface area contributed by atoms with E-state index < -0.39 is 0 Å². The highest BCUT2D eigenvalue weighted by Gasteiger charge is 2.13. The number of nitrogens with one attached hydrogen (secondary N) is 2. The maximum absolute atomic E-state index is 5.92. The number of hydrogen-bond acceptors (Lipinski definition) is 3. The molecule has 0 radical (unpaired) electrons. The SMILES string of the molecule is CCc1oc2ccccc2c1CNc1c(C)n[nH]c1C. The van der Waals surface area contributed by atoms with Crippen LogP contribution in [0.3, 0.4) is 0 Å². The van der Waals surface area contributed by atoms with Crippen molar-refractivity contribution in [1.29, 1.82) is 0 Å². The summed E-state index contributed by atoms with van der Waals surface area (Å²) in [6.45, 7) is 6.90. The van der Waals surface area contributed by atoms with E-state index in [-0.39, 0.29) is 0 Å². The lowest BCUT2D eigenvalue weighted by atomic mass is 10.1. The van der Waals surface area contributed by atoms with Crippen LogP contribution < -0.4 is 5.32 Å². The second-order valence-electron chi connectivity index (χ2n) is 5.02. The van der Waals surface area contributed by atoms with E-state index in [0.717, 1.165) is 41.4 Å². The zero-order chi connectivity index (χ0) is 14.1. The van der Waals surface area contributed by atoms with Gasteiger partial charge < -0.3 is 9.73 Å². The molecule has 0 aliphatic rings. The zero-order valence-electron chi connectivity index (χ0n) is 12.1. The van der Waals surface area contributed by atoms with Crippen LogP contribution in [0.1, 0.15) is 29.6 Å². The summed E-state index contributed by atoms with van der Waals surface area (Å²) in [6.07, 6.45) is 0.898. The number of furan rings is 1. The summed E-state index contributed by atoms with van der Waals surface area (Å²) in [5, 5.41) is 11.9. The first-order valence-corrected chi connectivity index (χ1v) is 6.95. The van der Waals surface area contributed by atoms with Gasteiger partial charge in [-0.25, -0.2) is 0 Å². The molecule has 0 spiro atoms. The van der Waals surface area contributed by atoms with Crippen molar-refractivity contribution in [3.8, 4) is 0 Å². The van der Waals surface area contributed by atoms with Gasteiger partial charge in [-0.3, -0.25) is 5.10 Å². The first-order valence-electron chi connectivity index (χ1n) is 6.95. The number of hydrogen-bond donors (Lipinski definition) is 2. The van der Waals surface area contributed by atoms with Crippen LogP contribution in [-0.4, -0.2) is 10.2 Å². The molecule has 0 unspecified atom stereocenters. The number of nitrogens with zero attached hydrogens (tertiary/aromatic N) is 1. The number of aromatic amines is 1. The van der Waals surface area contributed by atoms with Crippen LogP contribution in [0.15, 0.2) is 28.7 Å². The van der Waals surface area contributed by atoms with Crippen LogP contribution in [0.2, 0.25) is 0 Å². The number of aryl methyl sites for hydroxylation is 3. The summed E-state index contributed by atoms with van der Waals surface area (Å²) < 4.78 is 5.92. The van der Waals surface area contributed by atoms with Gasteiger partial charge in [0.25, 0.3) is 0 Å². The number of benzene rings is 1. The highest BCUT2D eigenvalue weighted by Crippen LogP contribution is 2.27. The lowest BCUT2D eigenvalue weighted by Gasteiger charge is -2.06. The monoisotopic (exact) mass is 269 g/mol. The third-order valence-corrected chi connectivity index (χ3v) is 3.67. The number of H-pyrrole nitrogens is 1. The molecular weight excluding hydrogens is 250 g/mol. The predicted molar refractivity (Wildman–Crippen MR) is 81.0 cm³/mol. The van der Waals surface area contributed by atoms with Crippen molar-refractivity contribution < 1.29 is 4.42 Å². The Morgan fingerprint density at radius 3 is 2.75 bits per heavy atom. The number of para-hydroxylation sites is 1. The second kappa shape index (κ2) is 5.04. The average molecular weight is 269 g/mol. The van der Waals surface area contributed by atoms with Crippen molar-refractivity contribution in [1.82, 2.24) is 10.2 Å². The largest absolute Gasteiger partial charge is 0.461 e. The third kappa shape index (κ3) is 2.07. The van der Waals surface area contributed by atoms with E-state index in [1.54, 1.807) is 0 Å². The highest BCUT2D eigenvalue weighted by molar-refractivity contribution is 5.82. The van der Waals surface area contributed by atoms with Crippen LogP contribution in [-0.2, 0) is 13.0 Å². The summed E-state index contributed by atoms with van der Waals surface area (Å²) in [5.74, 6) is 1.05. The average Bonchev–Trinajstić information content (AvgIpc) is 2.98. The molecule has 2 heterocycles. The zero-order valence-corrected chi connectivity index (χ0v) is 12.1. The minimum absolute atomic E-state index is 0.751. The van der Waals surface area contributed by atoms with Crippen molar-refractivity contribution in [2.45, 2.75) is 33.7 Å². The van der Waals surface area contributed by atoms with Crippen molar-refractivity contribution in [3.05, 3.63) is 47.0 Å². The first kappa shape index (κ1) is 12.8. The highest BCUT2D eigenvalue weighted by atomic mass is 16.3. The van der Waals surface area contributed by atoms with Gasteiger partial charge in [0.05, 0.1) is 17.1 Å². The quantitative estimate of drug-likeness (QED) is 0.754. The topological polar surface area (TPSA) is 53.9 Å². The molecule has 2 aromatic heterocycles. The van der Waals surface area contributed by atoms with Crippen LogP contribution in [0.4, 0.5) is 5.69 Å². The molecule has 20 heavy (non-hydrogen) atoms. The van der Waals surface area contributed by atoms with Crippen molar-refractivity contribution >= 4 is 16.7 Å². The van der Waals surface area contributed by atoms with E-state index in [2.05, 4.69) is 34.6 Å². The Hall–Kier alpha value is -2.23. The third-order valence-electron chi connectivity index (χ3n) is 3.67. The Balaban J connectivity index is 1.94. The fourth-order valence-electron chi connectivity index (χ4n) is 2.62. The minimum Gasteiger partial charge on any atom is -0.461 e. The number of rotatable bonds is 4. The van der Waals surface area contributed by atoms with Gasteiger partial charge in [0.2, 0.25) is 0 Å². The minimum atomic E-state index is 0.751. The van der Waals surface area contributed by atoms with E-state index in [1.165, 1.54) is 10.9 Å². The number of anilines is 1. The molecule has 0 fully saturated rings. The predicted octanol–water partition coefficient (Wildman–Crippen LogP) is 3.95. The van der Waals surface area contributed by atoms with Crippen LogP contribution in [0, 0.1) is 13.8 Å². The summed E-state index contributed by atoms with van der Waals surface area (Å²) in [5.41, 5.74) is 5.34. The van der Waals surface area contributed by atoms with E-state index in [1.807, 2.05) is 26.0 Å². The summed E-state index contributed by atoms with van der Waals surface area (Å²) in [7, 11) is 0. The summed E-state index contributed by atoms with van der Waals surface area (Å²) in [4.78, 5) is 0. The normalized spacial score (nSPS) is 11.2. The molecule has 4 nitrogen and oxygen atoms in total. The molecule has 3 aromatic rings. The van der Waals surface area contributed by atoms with Crippen LogP contribution in [0.5, 0.6) is 0 Å². The van der Waals surface area contributed by atoms with Gasteiger partial charge in [0.15, 0.2) is 0 Å². The van der Waals surface area contributed by atoms with Crippen molar-refractivity contribution in [2.75, 3.05) is 5.32 Å². The molecule has 0 bridgehead atoms. The van der Waals surface area contributed by atoms with Gasteiger partial charge >= 0.3 is 0 Å². The lowest BCUT2D eigenvalue weighted by molar-refractivity contribution is 0.551. The molecule has 0 saturated carbocycles. The summed E-state index contributed by atoms with van der Waals surface area (Å²) in [6, 6.07) is 8.19. The fourth-order valence-corrected chi connectivity index (χ4v) is 2.62. The van der Waals surface area contributed by atoms with Gasteiger partial charge in [0.1, 0.15) is 11.3 Å². The van der Waals surface area contributed by atoms with Crippen LogP contribution >= 0.6 is 0 Å². The molecule has 3 rings (SSSR count). The Bertz CT molecular complexity index is 720. The molecule has 0 aliphatic heterocycles. The Morgan fingerprint density at radius 1 is 1.25 bits per heavy atom. The molecule has 4 heteroatoms. The van der Waals surface area contributed by atoms with E-state index in [9.17, 15) is 0 Å². The molecular formula is C16H19N3O. The molecule has 2 N–H and O–H groups in total. The van der Waals surface area contributed by atoms with E-state index in [4.69, 9.17) is 4.42 Å². The summed E-state index contributed by atoms with van der Waals surface area (Å²) >= 11 is 0.